The van der Waals surface area contributed by atoms with Crippen LogP contribution in [0.1, 0.15) is 211 Å². The molecule has 1 saturated heterocycles. The third-order valence-corrected chi connectivity index (χ3v) is 24.0. The second kappa shape index (κ2) is 35.1. The molecule has 2 amide bonds. The lowest BCUT2D eigenvalue weighted by Crippen LogP contribution is -2.41. The molecule has 6 aromatic heterocycles. The number of halogens is 4. The third-order valence-electron chi connectivity index (χ3n) is 21.8. The molecule has 0 spiro atoms. The Kier molecular flexibility index (Phi) is 26.2. The minimum atomic E-state index is -0.449. The number of anilines is 3. The van der Waals surface area contributed by atoms with Crippen molar-refractivity contribution in [3.05, 3.63) is 149 Å². The van der Waals surface area contributed by atoms with Crippen LogP contribution in [-0.4, -0.2) is 128 Å². The van der Waals surface area contributed by atoms with Crippen molar-refractivity contribution in [1.82, 2.24) is 60.5 Å². The van der Waals surface area contributed by atoms with Gasteiger partial charge >= 0.3 is 7.12 Å². The maximum Gasteiger partial charge on any atom is 0.512 e. The highest BCUT2D eigenvalue weighted by atomic mass is 79.9. The summed E-state index contributed by atoms with van der Waals surface area (Å²) in [5.74, 6) is 2.50. The Bertz CT molecular complexity index is 4800. The first-order chi connectivity index (χ1) is 51.9. The van der Waals surface area contributed by atoms with E-state index in [0.29, 0.717) is 58.6 Å². The quantitative estimate of drug-likeness (QED) is 0.0629. The Morgan fingerprint density at radius 3 is 1.18 bits per heavy atom. The maximum atomic E-state index is 12.2. The van der Waals surface area contributed by atoms with Gasteiger partial charge < -0.3 is 74.5 Å². The summed E-state index contributed by atoms with van der Waals surface area (Å²) in [5, 5.41) is 16.9. The van der Waals surface area contributed by atoms with Gasteiger partial charge in [0, 0.05) is 84.3 Å². The van der Waals surface area contributed by atoms with E-state index in [0.717, 1.165) is 197 Å². The second-order valence-corrected chi connectivity index (χ2v) is 34.0. The predicted molar refractivity (Wildman–Crippen MR) is 449 cm³/mol. The summed E-state index contributed by atoms with van der Waals surface area (Å²) in [6.45, 7) is 19.8. The van der Waals surface area contributed by atoms with Gasteiger partial charge in [-0.25, -0.2) is 39.9 Å². The molecular weight excluding hydrogens is 1590 g/mol. The average Bonchev–Trinajstić information content (AvgIpc) is 1.63. The molecule has 4 aromatic carbocycles. The summed E-state index contributed by atoms with van der Waals surface area (Å²) in [6.07, 6.45) is 17.8. The summed E-state index contributed by atoms with van der Waals surface area (Å²) >= 11 is 16.3. The number of amides is 2. The van der Waals surface area contributed by atoms with Crippen LogP contribution in [0, 0.1) is 27.7 Å². The lowest BCUT2D eigenvalue weighted by Gasteiger charge is -2.32. The van der Waals surface area contributed by atoms with Gasteiger partial charge in [0.25, 0.3) is 11.8 Å². The molecule has 3 aliphatic heterocycles. The van der Waals surface area contributed by atoms with E-state index in [-0.39, 0.29) is 41.1 Å². The van der Waals surface area contributed by atoms with Crippen LogP contribution in [0.5, 0.6) is 0 Å². The van der Waals surface area contributed by atoms with E-state index in [1.807, 2.05) is 154 Å². The zero-order chi connectivity index (χ0) is 77.8. The molecule has 0 bridgehead atoms. The van der Waals surface area contributed by atoms with Gasteiger partial charge in [-0.1, -0.05) is 48.4 Å². The molecule has 10 aromatic rings. The van der Waals surface area contributed by atoms with Crippen molar-refractivity contribution < 1.29 is 18.9 Å². The van der Waals surface area contributed by atoms with Crippen LogP contribution in [0.4, 0.5) is 17.5 Å². The highest BCUT2D eigenvalue weighted by molar-refractivity contribution is 9.11. The number of rotatable bonds is 8. The van der Waals surface area contributed by atoms with Crippen LogP contribution in [0.25, 0.3) is 55.4 Å². The van der Waals surface area contributed by atoms with E-state index in [9.17, 15) is 9.59 Å². The molecule has 4 aliphatic carbocycles. The number of para-hydroxylation sites is 4. The smallest absolute Gasteiger partial charge is 0.398 e. The van der Waals surface area contributed by atoms with Gasteiger partial charge in [-0.2, -0.15) is 0 Å². The summed E-state index contributed by atoms with van der Waals surface area (Å²) < 4.78 is 14.8. The second-order valence-electron chi connectivity index (χ2n) is 31.1. The number of aromatic nitrogens is 10. The first-order valence-corrected chi connectivity index (χ1v) is 40.9. The van der Waals surface area contributed by atoms with Crippen LogP contribution in [0.3, 0.4) is 0 Å². The SMILES string of the molecule is C[C@H]1NC(=O)c2cc(B3OC(C)(C)C(C)(C)O3)[nH]c21.Cc1nc2cccc(-c3cc4c([nH]3)[C@@H](C)NC4=O)c2nc1N[C@H]1CCC[C@@H](N)C1.Cc1nc2cccc(Br)c2nc1Cl.Cc1nc2cccc(Br)c2nc1NC1CCCC(N)C1.Cc1nc2cccc(Br)c2nc1N[C@H]1CCC[C@@H](N)C1.NC1CCCC(N)C1. The standard InChI is InChI=1S/C22H26N6O.2C15H19BrN4.C13H19BN2O3.C9H6BrClN2.C6H14N2/c1-11-19-16(22(29)25-11)10-18(27-19)15-7-4-8-17-20(15)28-21(12(2)24-17)26-14-6-3-5-13(23)9-14;2*1-9-15(19-11-5-2-4-10(17)8-11)20-14-12(16)6-3-7-13(14)18-9;1-7-10-8(11(17)15-7)6-9(16-10)14-18-12(2,3)13(4,5)19-14;1-5-9(11)13-8-6(10)3-2-4-7(8)12-5;7-5-2-1-3-6(8)4-5/h4,7-8,10-11,13-14,27H,3,5-6,9,23H2,1-2H3,(H,25,29)(H,26,28);2*3,6-7,10-11H,2,4-5,8,17H2,1H3,(H,19,20);6-7,16H,1-5H3,(H,15,17);2-4H,1H3;5-6H,1-4,7-8H2/t11-,13-,14+;10-,11+;;7-;;/m11.1../s1. The molecule has 578 valence electrons. The minimum Gasteiger partial charge on any atom is -0.398 e. The molecule has 109 heavy (non-hydrogen) atoms. The zero-order valence-electron chi connectivity index (χ0n) is 63.9. The highest BCUT2D eigenvalue weighted by Crippen LogP contribution is 2.39. The van der Waals surface area contributed by atoms with Gasteiger partial charge in [0.1, 0.15) is 39.5 Å². The predicted octanol–water partition coefficient (Wildman–Crippen LogP) is 14.9. The molecule has 29 heteroatoms. The van der Waals surface area contributed by atoms with Gasteiger partial charge in [-0.3, -0.25) is 9.59 Å². The van der Waals surface area contributed by atoms with Crippen LogP contribution in [0.15, 0.2) is 98.3 Å². The number of aryl methyl sites for hydroxylation is 4. The number of nitrogens with zero attached hydrogens (tertiary/aromatic N) is 8. The van der Waals surface area contributed by atoms with Crippen LogP contribution < -0.4 is 60.8 Å². The fourth-order valence-electron chi connectivity index (χ4n) is 15.0. The number of carbonyl (C=O) groups excluding carboxylic acids is 2. The maximum absolute atomic E-state index is 12.2. The first kappa shape index (κ1) is 81.2. The van der Waals surface area contributed by atoms with Crippen molar-refractivity contribution in [2.45, 2.75) is 244 Å². The van der Waals surface area contributed by atoms with E-state index in [1.165, 1.54) is 32.1 Å². The summed E-state index contributed by atoms with van der Waals surface area (Å²) in [7, 11) is -0.449. The number of benzene rings is 4. The number of hydrogen-bond acceptors (Lipinski definition) is 20. The number of carbonyl (C=O) groups is 2. The monoisotopic (exact) mass is 1690 g/mol. The summed E-state index contributed by atoms with van der Waals surface area (Å²) in [5.41, 5.74) is 45.2. The third kappa shape index (κ3) is 19.6. The molecule has 0 radical (unpaired) electrons. The molecule has 17 rings (SSSR count). The molecule has 5 fully saturated rings. The van der Waals surface area contributed by atoms with Crippen molar-refractivity contribution in [1.29, 1.82) is 0 Å². The van der Waals surface area contributed by atoms with Crippen molar-refractivity contribution in [2.24, 2.45) is 28.7 Å². The van der Waals surface area contributed by atoms with Crippen molar-refractivity contribution >= 4 is 146 Å². The van der Waals surface area contributed by atoms with E-state index in [2.05, 4.69) is 104 Å². The fourth-order valence-corrected chi connectivity index (χ4v) is 16.5. The van der Waals surface area contributed by atoms with Crippen molar-refractivity contribution in [2.75, 3.05) is 16.0 Å². The van der Waals surface area contributed by atoms with Crippen LogP contribution in [-0.2, 0) is 9.31 Å². The summed E-state index contributed by atoms with van der Waals surface area (Å²) in [6, 6.07) is 30.2. The number of aromatic amines is 2. The van der Waals surface area contributed by atoms with Gasteiger partial charge in [0.2, 0.25) is 0 Å². The van der Waals surface area contributed by atoms with E-state index < -0.39 is 7.12 Å². The van der Waals surface area contributed by atoms with Crippen LogP contribution in [0.2, 0.25) is 5.15 Å². The minimum absolute atomic E-state index is 0.0118. The van der Waals surface area contributed by atoms with Gasteiger partial charge in [0.05, 0.1) is 84.9 Å². The lowest BCUT2D eigenvalue weighted by molar-refractivity contribution is 0.00578. The molecule has 17 N–H and O–H groups in total. The fraction of sp³-hybridized carbons (Fsp3) is 0.475. The number of nitrogens with two attached hydrogens (primary N) is 5. The van der Waals surface area contributed by atoms with E-state index in [4.69, 9.17) is 69.5 Å². The molecule has 10 atom stereocenters. The van der Waals surface area contributed by atoms with Crippen LogP contribution >= 0.6 is 59.4 Å². The van der Waals surface area contributed by atoms with Gasteiger partial charge in [-0.05, 0) is 268 Å². The normalized spacial score (nSPS) is 23.8. The Hall–Kier alpha value is -7.35. The molecule has 7 aliphatic rings. The first-order valence-electron chi connectivity index (χ1n) is 38.2. The number of hydrogen-bond donors (Lipinski definition) is 12. The van der Waals surface area contributed by atoms with E-state index >= 15 is 0 Å². The number of fused-ring (bicyclic) bond motifs is 6. The Morgan fingerprint density at radius 1 is 0.450 bits per heavy atom. The van der Waals surface area contributed by atoms with Crippen molar-refractivity contribution in [3.63, 3.8) is 0 Å². The average molecular weight is 1690 g/mol. The molecular formula is C80H103BBr3ClN20O4. The number of nitrogens with one attached hydrogen (secondary N) is 7. The van der Waals surface area contributed by atoms with Gasteiger partial charge in [0.15, 0.2) is 5.15 Å². The highest BCUT2D eigenvalue weighted by Gasteiger charge is 2.53. The van der Waals surface area contributed by atoms with Gasteiger partial charge in [-0.15, -0.1) is 0 Å². The molecule has 4 unspecified atom stereocenters. The van der Waals surface area contributed by atoms with E-state index in [1.54, 1.807) is 0 Å². The summed E-state index contributed by atoms with van der Waals surface area (Å²) in [4.78, 5) is 67.6. The zero-order valence-corrected chi connectivity index (χ0v) is 69.4. The Balaban J connectivity index is 0.000000126. The molecule has 4 saturated carbocycles. The number of H-pyrrole nitrogens is 2. The Morgan fingerprint density at radius 2 is 0.798 bits per heavy atom. The Labute approximate surface area is 668 Å². The molecule has 9 heterocycles. The topological polar surface area (TPSA) is 378 Å². The lowest BCUT2D eigenvalue weighted by atomic mass is 9.85. The largest absolute Gasteiger partial charge is 0.512 e. The molecule has 24 nitrogen and oxygen atoms in total. The van der Waals surface area contributed by atoms with Crippen molar-refractivity contribution in [3.8, 4) is 11.3 Å².